The monoisotopic (exact) mass is 282 g/mol. The van der Waals surface area contributed by atoms with E-state index >= 15 is 0 Å². The first-order valence-corrected chi connectivity index (χ1v) is 7.87. The maximum absolute atomic E-state index is 10.3. The Morgan fingerprint density at radius 1 is 0.762 bits per heavy atom. The number of benzene rings is 2. The molecule has 0 spiro atoms. The van der Waals surface area contributed by atoms with E-state index in [1.165, 1.54) is 11.1 Å². The second-order valence-corrected chi connectivity index (χ2v) is 6.74. The molecule has 112 valence electrons. The van der Waals surface area contributed by atoms with Gasteiger partial charge >= 0.3 is 0 Å². The van der Waals surface area contributed by atoms with Crippen LogP contribution in [0.5, 0.6) is 5.75 Å². The summed E-state index contributed by atoms with van der Waals surface area (Å²) < 4.78 is 0. The Balaban J connectivity index is 2.21. The van der Waals surface area contributed by atoms with Gasteiger partial charge in [0.05, 0.1) is 0 Å². The van der Waals surface area contributed by atoms with Crippen LogP contribution in [0.3, 0.4) is 0 Å². The van der Waals surface area contributed by atoms with Crippen molar-refractivity contribution in [3.8, 4) is 16.9 Å². The summed E-state index contributed by atoms with van der Waals surface area (Å²) in [6.45, 7) is 8.84. The molecule has 0 heterocycles. The summed E-state index contributed by atoms with van der Waals surface area (Å²) >= 11 is 0. The first-order valence-electron chi connectivity index (χ1n) is 7.87. The van der Waals surface area contributed by atoms with E-state index in [4.69, 9.17) is 0 Å². The number of phenols is 1. The third-order valence-corrected chi connectivity index (χ3v) is 3.61. The average molecular weight is 282 g/mol. The van der Waals surface area contributed by atoms with Crippen LogP contribution in [0.2, 0.25) is 0 Å². The smallest absolute Gasteiger partial charge is 0.123 e. The summed E-state index contributed by atoms with van der Waals surface area (Å²) in [5, 5.41) is 10.3. The molecule has 0 atom stereocenters. The quantitative estimate of drug-likeness (QED) is 0.772. The van der Waals surface area contributed by atoms with Crippen LogP contribution in [0.15, 0.2) is 42.5 Å². The van der Waals surface area contributed by atoms with Crippen LogP contribution in [0.4, 0.5) is 0 Å². The largest absolute Gasteiger partial charge is 0.507 e. The molecule has 0 amide bonds. The molecule has 0 fully saturated rings. The highest BCUT2D eigenvalue weighted by molar-refractivity contribution is 5.70. The van der Waals surface area contributed by atoms with Gasteiger partial charge < -0.3 is 5.11 Å². The molecule has 0 aromatic heterocycles. The molecule has 0 unspecified atom stereocenters. The zero-order chi connectivity index (χ0) is 15.4. The number of hydrogen-bond donors (Lipinski definition) is 1. The van der Waals surface area contributed by atoms with Crippen LogP contribution in [-0.4, -0.2) is 5.11 Å². The third-order valence-electron chi connectivity index (χ3n) is 3.61. The Morgan fingerprint density at radius 2 is 1.29 bits per heavy atom. The number of hydrogen-bond acceptors (Lipinski definition) is 1. The zero-order valence-electron chi connectivity index (χ0n) is 13.6. The van der Waals surface area contributed by atoms with Gasteiger partial charge in [-0.15, -0.1) is 0 Å². The maximum atomic E-state index is 10.3. The van der Waals surface area contributed by atoms with E-state index in [1.807, 2.05) is 12.1 Å². The van der Waals surface area contributed by atoms with Crippen molar-refractivity contribution in [2.24, 2.45) is 11.8 Å². The standard InChI is InChI=1S/C20H26O/c1-14(2)11-16-5-8-18(9-6-16)19-10-7-17(12-15(3)4)13-20(19)21/h5-10,13-15,21H,11-12H2,1-4H3. The highest BCUT2D eigenvalue weighted by Gasteiger charge is 2.07. The molecular formula is C20H26O. The minimum atomic E-state index is 0.379. The Labute approximate surface area is 128 Å². The van der Waals surface area contributed by atoms with Gasteiger partial charge in [-0.25, -0.2) is 0 Å². The van der Waals surface area contributed by atoms with Crippen LogP contribution in [0.25, 0.3) is 11.1 Å². The molecule has 0 radical (unpaired) electrons. The van der Waals surface area contributed by atoms with Gasteiger partial charge in [0.2, 0.25) is 0 Å². The van der Waals surface area contributed by atoms with E-state index in [9.17, 15) is 5.11 Å². The summed E-state index contributed by atoms with van der Waals surface area (Å²) in [5.41, 5.74) is 4.54. The Bertz CT molecular complexity index is 579. The topological polar surface area (TPSA) is 20.2 Å². The first-order chi connectivity index (χ1) is 9.95. The van der Waals surface area contributed by atoms with Crippen molar-refractivity contribution in [3.63, 3.8) is 0 Å². The lowest BCUT2D eigenvalue weighted by Crippen LogP contribution is -1.95. The van der Waals surface area contributed by atoms with Crippen LogP contribution >= 0.6 is 0 Å². The molecule has 0 saturated heterocycles. The first kappa shape index (κ1) is 15.6. The van der Waals surface area contributed by atoms with Gasteiger partial charge in [0, 0.05) is 5.56 Å². The molecular weight excluding hydrogens is 256 g/mol. The van der Waals surface area contributed by atoms with Crippen molar-refractivity contribution in [3.05, 3.63) is 53.6 Å². The number of phenolic OH excluding ortho intramolecular Hbond substituents is 1. The Hall–Kier alpha value is -1.76. The maximum Gasteiger partial charge on any atom is 0.123 e. The lowest BCUT2D eigenvalue weighted by Gasteiger charge is -2.10. The van der Waals surface area contributed by atoms with Gasteiger partial charge in [0.25, 0.3) is 0 Å². The average Bonchev–Trinajstić information content (AvgIpc) is 2.39. The van der Waals surface area contributed by atoms with Gasteiger partial charge in [-0.05, 0) is 47.4 Å². The fourth-order valence-corrected chi connectivity index (χ4v) is 2.71. The highest BCUT2D eigenvalue weighted by Crippen LogP contribution is 2.31. The molecule has 0 aliphatic carbocycles. The van der Waals surface area contributed by atoms with Crippen LogP contribution in [0, 0.1) is 11.8 Å². The fraction of sp³-hybridized carbons (Fsp3) is 0.400. The molecule has 2 aromatic rings. The van der Waals surface area contributed by atoms with E-state index < -0.39 is 0 Å². The van der Waals surface area contributed by atoms with Gasteiger partial charge in [-0.2, -0.15) is 0 Å². The second-order valence-electron chi connectivity index (χ2n) is 6.74. The van der Waals surface area contributed by atoms with Crippen molar-refractivity contribution >= 4 is 0 Å². The van der Waals surface area contributed by atoms with Crippen molar-refractivity contribution in [1.82, 2.24) is 0 Å². The van der Waals surface area contributed by atoms with E-state index in [-0.39, 0.29) is 0 Å². The van der Waals surface area contributed by atoms with Crippen molar-refractivity contribution in [2.45, 2.75) is 40.5 Å². The van der Waals surface area contributed by atoms with Gasteiger partial charge in [-0.3, -0.25) is 0 Å². The molecule has 1 heteroatoms. The molecule has 1 N–H and O–H groups in total. The van der Waals surface area contributed by atoms with E-state index in [2.05, 4.69) is 58.0 Å². The summed E-state index contributed by atoms with van der Waals surface area (Å²) in [4.78, 5) is 0. The van der Waals surface area contributed by atoms with Gasteiger partial charge in [0.15, 0.2) is 0 Å². The predicted molar refractivity (Wildman–Crippen MR) is 90.6 cm³/mol. The lowest BCUT2D eigenvalue weighted by molar-refractivity contribution is 0.476. The SMILES string of the molecule is CC(C)Cc1ccc(-c2ccc(CC(C)C)cc2O)cc1. The third kappa shape index (κ3) is 4.35. The lowest BCUT2D eigenvalue weighted by atomic mass is 9.96. The van der Waals surface area contributed by atoms with Gasteiger partial charge in [-0.1, -0.05) is 64.1 Å². The number of aromatic hydroxyl groups is 1. The van der Waals surface area contributed by atoms with Crippen molar-refractivity contribution < 1.29 is 5.11 Å². The Kier molecular flexibility index (Phi) is 5.06. The predicted octanol–water partition coefficient (Wildman–Crippen LogP) is 5.46. The zero-order valence-corrected chi connectivity index (χ0v) is 13.6. The molecule has 2 rings (SSSR count). The van der Waals surface area contributed by atoms with E-state index in [0.29, 0.717) is 17.6 Å². The van der Waals surface area contributed by atoms with Crippen molar-refractivity contribution in [1.29, 1.82) is 0 Å². The van der Waals surface area contributed by atoms with Crippen molar-refractivity contribution in [2.75, 3.05) is 0 Å². The molecule has 0 aliphatic rings. The molecule has 0 saturated carbocycles. The summed E-state index contributed by atoms with van der Waals surface area (Å²) in [7, 11) is 0. The minimum Gasteiger partial charge on any atom is -0.507 e. The summed E-state index contributed by atoms with van der Waals surface area (Å²) in [6, 6.07) is 14.6. The molecule has 0 aliphatic heterocycles. The highest BCUT2D eigenvalue weighted by atomic mass is 16.3. The van der Waals surface area contributed by atoms with E-state index in [0.717, 1.165) is 24.0 Å². The van der Waals surface area contributed by atoms with Crippen LogP contribution < -0.4 is 0 Å². The summed E-state index contributed by atoms with van der Waals surface area (Å²) in [6.07, 6.45) is 2.10. The molecule has 21 heavy (non-hydrogen) atoms. The molecule has 2 aromatic carbocycles. The normalized spacial score (nSPS) is 11.3. The Morgan fingerprint density at radius 3 is 1.81 bits per heavy atom. The van der Waals surface area contributed by atoms with Crippen LogP contribution in [-0.2, 0) is 12.8 Å². The minimum absolute atomic E-state index is 0.379. The number of rotatable bonds is 5. The molecule has 1 nitrogen and oxygen atoms in total. The summed E-state index contributed by atoms with van der Waals surface area (Å²) in [5.74, 6) is 1.65. The van der Waals surface area contributed by atoms with Crippen LogP contribution in [0.1, 0.15) is 38.8 Å². The van der Waals surface area contributed by atoms with E-state index in [1.54, 1.807) is 0 Å². The van der Waals surface area contributed by atoms with Gasteiger partial charge in [0.1, 0.15) is 5.75 Å². The molecule has 0 bridgehead atoms. The second kappa shape index (κ2) is 6.80. The fourth-order valence-electron chi connectivity index (χ4n) is 2.71.